The zero-order valence-corrected chi connectivity index (χ0v) is 13.1. The number of benzene rings is 2. The third kappa shape index (κ3) is 2.81. The van der Waals surface area contributed by atoms with E-state index in [1.54, 1.807) is 6.07 Å². The van der Waals surface area contributed by atoms with E-state index in [9.17, 15) is 4.79 Å². The van der Waals surface area contributed by atoms with Crippen molar-refractivity contribution in [3.8, 4) is 0 Å². The topological polar surface area (TPSA) is 42.0 Å². The van der Waals surface area contributed by atoms with Gasteiger partial charge < -0.3 is 5.32 Å². The smallest absolute Gasteiger partial charge is 0.256 e. The van der Waals surface area contributed by atoms with E-state index in [0.29, 0.717) is 16.3 Å². The number of carbonyl (C=O) groups is 1. The van der Waals surface area contributed by atoms with E-state index in [1.165, 1.54) is 0 Å². The standard InChI is InChI=1S/C18H15ClN2O/c1-11-7-8-17(15(19)9-11)21-18(22)14-10-12(2)20-16-6-4-3-5-13(14)16/h3-10H,1-2H3,(H,21,22). The molecule has 0 spiro atoms. The fourth-order valence-corrected chi connectivity index (χ4v) is 2.69. The summed E-state index contributed by atoms with van der Waals surface area (Å²) in [4.78, 5) is 17.1. The molecule has 0 saturated heterocycles. The molecule has 1 N–H and O–H groups in total. The number of nitrogens with one attached hydrogen (secondary N) is 1. The van der Waals surface area contributed by atoms with E-state index < -0.39 is 0 Å². The van der Waals surface area contributed by atoms with Crippen molar-refractivity contribution in [1.29, 1.82) is 0 Å². The number of rotatable bonds is 2. The molecule has 3 aromatic rings. The number of aromatic nitrogens is 1. The quantitative estimate of drug-likeness (QED) is 0.741. The Morgan fingerprint density at radius 3 is 2.64 bits per heavy atom. The Hall–Kier alpha value is -2.39. The average molecular weight is 311 g/mol. The van der Waals surface area contributed by atoms with Crippen molar-refractivity contribution in [2.75, 3.05) is 5.32 Å². The van der Waals surface area contributed by atoms with Crippen molar-refractivity contribution in [3.63, 3.8) is 0 Å². The second-order valence-electron chi connectivity index (χ2n) is 5.27. The molecule has 0 saturated carbocycles. The number of pyridine rings is 1. The van der Waals surface area contributed by atoms with Crippen molar-refractivity contribution in [1.82, 2.24) is 4.98 Å². The monoisotopic (exact) mass is 310 g/mol. The highest BCUT2D eigenvalue weighted by atomic mass is 35.5. The summed E-state index contributed by atoms with van der Waals surface area (Å²) in [7, 11) is 0. The summed E-state index contributed by atoms with van der Waals surface area (Å²) < 4.78 is 0. The van der Waals surface area contributed by atoms with Crippen LogP contribution in [0.1, 0.15) is 21.6 Å². The van der Waals surface area contributed by atoms with Crippen molar-refractivity contribution in [2.45, 2.75) is 13.8 Å². The highest BCUT2D eigenvalue weighted by molar-refractivity contribution is 6.34. The Labute approximate surface area is 133 Å². The summed E-state index contributed by atoms with van der Waals surface area (Å²) >= 11 is 6.18. The molecule has 0 aliphatic rings. The Bertz CT molecular complexity index is 874. The first-order chi connectivity index (χ1) is 10.5. The molecule has 3 nitrogen and oxygen atoms in total. The van der Waals surface area contributed by atoms with Crippen molar-refractivity contribution in [3.05, 3.63) is 70.4 Å². The first-order valence-electron chi connectivity index (χ1n) is 6.98. The summed E-state index contributed by atoms with van der Waals surface area (Å²) in [5.41, 5.74) is 3.87. The molecule has 0 radical (unpaired) electrons. The Morgan fingerprint density at radius 2 is 1.86 bits per heavy atom. The first kappa shape index (κ1) is 14.5. The number of nitrogens with zero attached hydrogens (tertiary/aromatic N) is 1. The Morgan fingerprint density at radius 1 is 1.09 bits per heavy atom. The molecule has 4 heteroatoms. The molecule has 0 atom stereocenters. The van der Waals surface area contributed by atoms with E-state index >= 15 is 0 Å². The second-order valence-corrected chi connectivity index (χ2v) is 5.67. The van der Waals surface area contributed by atoms with Gasteiger partial charge in [0.1, 0.15) is 0 Å². The van der Waals surface area contributed by atoms with Gasteiger partial charge in [-0.1, -0.05) is 35.9 Å². The van der Waals surface area contributed by atoms with Gasteiger partial charge in [-0.25, -0.2) is 0 Å². The molecular weight excluding hydrogens is 296 g/mol. The van der Waals surface area contributed by atoms with Crippen molar-refractivity contribution in [2.24, 2.45) is 0 Å². The summed E-state index contributed by atoms with van der Waals surface area (Å²) in [5, 5.41) is 4.23. The molecule has 1 heterocycles. The SMILES string of the molecule is Cc1ccc(NC(=O)c2cc(C)nc3ccccc23)c(Cl)c1. The number of carbonyl (C=O) groups excluding carboxylic acids is 1. The predicted octanol–water partition coefficient (Wildman–Crippen LogP) is 4.76. The van der Waals surface area contributed by atoms with Crippen LogP contribution in [0.15, 0.2) is 48.5 Å². The van der Waals surface area contributed by atoms with Gasteiger partial charge in [0.2, 0.25) is 0 Å². The van der Waals surface area contributed by atoms with Crippen LogP contribution in [-0.2, 0) is 0 Å². The third-order valence-corrected chi connectivity index (χ3v) is 3.77. The lowest BCUT2D eigenvalue weighted by atomic mass is 10.1. The molecule has 0 fully saturated rings. The highest BCUT2D eigenvalue weighted by Gasteiger charge is 2.13. The number of hydrogen-bond donors (Lipinski definition) is 1. The summed E-state index contributed by atoms with van der Waals surface area (Å²) in [6.45, 7) is 3.83. The summed E-state index contributed by atoms with van der Waals surface area (Å²) in [6, 6.07) is 14.9. The molecule has 1 amide bonds. The largest absolute Gasteiger partial charge is 0.321 e. The molecule has 2 aromatic carbocycles. The average Bonchev–Trinajstić information content (AvgIpc) is 2.49. The van der Waals surface area contributed by atoms with E-state index in [0.717, 1.165) is 22.2 Å². The fraction of sp³-hybridized carbons (Fsp3) is 0.111. The normalized spacial score (nSPS) is 10.7. The van der Waals surface area contributed by atoms with E-state index in [-0.39, 0.29) is 5.91 Å². The van der Waals surface area contributed by atoms with Crippen molar-refractivity contribution < 1.29 is 4.79 Å². The van der Waals surface area contributed by atoms with Crippen molar-refractivity contribution >= 4 is 34.1 Å². The van der Waals surface area contributed by atoms with Gasteiger partial charge in [0.25, 0.3) is 5.91 Å². The van der Waals surface area contributed by atoms with Gasteiger partial charge in [0.05, 0.1) is 21.8 Å². The zero-order valence-electron chi connectivity index (χ0n) is 12.4. The minimum atomic E-state index is -0.188. The van der Waals surface area contributed by atoms with Crippen LogP contribution in [0.4, 0.5) is 5.69 Å². The molecular formula is C18H15ClN2O. The molecule has 0 aliphatic carbocycles. The minimum Gasteiger partial charge on any atom is -0.321 e. The number of fused-ring (bicyclic) bond motifs is 1. The minimum absolute atomic E-state index is 0.188. The summed E-state index contributed by atoms with van der Waals surface area (Å²) in [5.74, 6) is -0.188. The number of amides is 1. The number of hydrogen-bond acceptors (Lipinski definition) is 2. The molecule has 0 unspecified atom stereocenters. The van der Waals surface area contributed by atoms with Gasteiger partial charge in [-0.15, -0.1) is 0 Å². The van der Waals surface area contributed by atoms with Gasteiger partial charge in [-0.3, -0.25) is 9.78 Å². The van der Waals surface area contributed by atoms with Crippen LogP contribution in [0.5, 0.6) is 0 Å². The molecule has 3 rings (SSSR count). The van der Waals surface area contributed by atoms with Gasteiger partial charge in [-0.2, -0.15) is 0 Å². The van der Waals surface area contributed by atoms with Crippen LogP contribution in [0.3, 0.4) is 0 Å². The molecule has 0 bridgehead atoms. The van der Waals surface area contributed by atoms with Crippen LogP contribution >= 0.6 is 11.6 Å². The van der Waals surface area contributed by atoms with Gasteiger partial charge in [-0.05, 0) is 43.7 Å². The van der Waals surface area contributed by atoms with Crippen LogP contribution in [-0.4, -0.2) is 10.9 Å². The molecule has 1 aromatic heterocycles. The lowest BCUT2D eigenvalue weighted by Crippen LogP contribution is -2.13. The van der Waals surface area contributed by atoms with Crippen LogP contribution in [0, 0.1) is 13.8 Å². The zero-order chi connectivity index (χ0) is 15.7. The summed E-state index contributed by atoms with van der Waals surface area (Å²) in [6.07, 6.45) is 0. The number of aryl methyl sites for hydroxylation is 2. The predicted molar refractivity (Wildman–Crippen MR) is 90.6 cm³/mol. The maximum atomic E-state index is 12.6. The second kappa shape index (κ2) is 5.78. The van der Waals surface area contributed by atoms with Crippen LogP contribution < -0.4 is 5.32 Å². The number of anilines is 1. The van der Waals surface area contributed by atoms with Crippen LogP contribution in [0.2, 0.25) is 5.02 Å². The Balaban J connectivity index is 2.02. The molecule has 22 heavy (non-hydrogen) atoms. The van der Waals surface area contributed by atoms with E-state index in [4.69, 9.17) is 11.6 Å². The molecule has 0 aliphatic heterocycles. The fourth-order valence-electron chi connectivity index (χ4n) is 2.41. The van der Waals surface area contributed by atoms with Gasteiger partial charge in [0.15, 0.2) is 0 Å². The maximum Gasteiger partial charge on any atom is 0.256 e. The third-order valence-electron chi connectivity index (χ3n) is 3.46. The van der Waals surface area contributed by atoms with Crippen LogP contribution in [0.25, 0.3) is 10.9 Å². The molecule has 110 valence electrons. The lowest BCUT2D eigenvalue weighted by Gasteiger charge is -2.10. The number of para-hydroxylation sites is 1. The van der Waals surface area contributed by atoms with E-state index in [2.05, 4.69) is 10.3 Å². The Kier molecular flexibility index (Phi) is 3.82. The maximum absolute atomic E-state index is 12.6. The van der Waals surface area contributed by atoms with Gasteiger partial charge >= 0.3 is 0 Å². The number of halogens is 1. The first-order valence-corrected chi connectivity index (χ1v) is 7.36. The van der Waals surface area contributed by atoms with Gasteiger partial charge in [0, 0.05) is 11.1 Å². The van der Waals surface area contributed by atoms with E-state index in [1.807, 2.05) is 56.3 Å². The highest BCUT2D eigenvalue weighted by Crippen LogP contribution is 2.25. The lowest BCUT2D eigenvalue weighted by molar-refractivity contribution is 0.102.